The van der Waals surface area contributed by atoms with Crippen LogP contribution in [0.3, 0.4) is 0 Å². The van der Waals surface area contributed by atoms with E-state index in [0.717, 1.165) is 11.8 Å². The summed E-state index contributed by atoms with van der Waals surface area (Å²) in [5.74, 6) is -0.168. The molecule has 0 unspecified atom stereocenters. The van der Waals surface area contributed by atoms with Crippen molar-refractivity contribution in [2.45, 2.75) is 25.8 Å². The fourth-order valence-corrected chi connectivity index (χ4v) is 2.43. The van der Waals surface area contributed by atoms with E-state index >= 15 is 0 Å². The molecule has 0 radical (unpaired) electrons. The molecular formula is C11H14BrClN2O. The lowest BCUT2D eigenvalue weighted by Gasteiger charge is -2.25. The molecule has 0 saturated carbocycles. The minimum atomic E-state index is -0.257. The van der Waals surface area contributed by atoms with E-state index in [0.29, 0.717) is 10.6 Å². The van der Waals surface area contributed by atoms with Crippen LogP contribution >= 0.6 is 27.5 Å². The number of carbonyl (C=O) groups is 1. The molecule has 0 aliphatic carbocycles. The first-order chi connectivity index (χ1) is 7.46. The van der Waals surface area contributed by atoms with Crippen molar-refractivity contribution in [1.82, 2.24) is 10.3 Å². The summed E-state index contributed by atoms with van der Waals surface area (Å²) in [4.78, 5) is 15.8. The maximum absolute atomic E-state index is 11.9. The zero-order chi connectivity index (χ0) is 12.2. The molecule has 0 aliphatic rings. The fraction of sp³-hybridized carbons (Fsp3) is 0.455. The summed E-state index contributed by atoms with van der Waals surface area (Å²) in [5, 5.41) is 4.14. The standard InChI is InChI=1S/C11H14BrClN2O/c1-11(2,4-5-12)15-10(16)8-3-6-14-7-9(8)13/h3,6-7H,4-5H2,1-2H3,(H,15,16). The monoisotopic (exact) mass is 304 g/mol. The summed E-state index contributed by atoms with van der Waals surface area (Å²) in [6.45, 7) is 3.95. The molecule has 0 bridgehead atoms. The third-order valence-corrected chi connectivity index (χ3v) is 2.89. The van der Waals surface area contributed by atoms with E-state index in [1.165, 1.54) is 6.20 Å². The number of carbonyl (C=O) groups excluding carboxylic acids is 1. The maximum Gasteiger partial charge on any atom is 0.253 e. The number of amides is 1. The van der Waals surface area contributed by atoms with Crippen LogP contribution in [0.5, 0.6) is 0 Å². The van der Waals surface area contributed by atoms with E-state index in [9.17, 15) is 4.79 Å². The van der Waals surface area contributed by atoms with Crippen LogP contribution in [0.25, 0.3) is 0 Å². The third kappa shape index (κ3) is 3.76. The van der Waals surface area contributed by atoms with Crippen molar-refractivity contribution in [3.63, 3.8) is 0 Å². The largest absolute Gasteiger partial charge is 0.347 e. The van der Waals surface area contributed by atoms with Crippen molar-refractivity contribution in [1.29, 1.82) is 0 Å². The first kappa shape index (κ1) is 13.5. The average Bonchev–Trinajstić information content (AvgIpc) is 2.17. The van der Waals surface area contributed by atoms with Crippen molar-refractivity contribution < 1.29 is 4.79 Å². The van der Waals surface area contributed by atoms with Gasteiger partial charge < -0.3 is 5.32 Å². The van der Waals surface area contributed by atoms with E-state index in [-0.39, 0.29) is 11.4 Å². The highest BCUT2D eigenvalue weighted by Crippen LogP contribution is 2.16. The second-order valence-electron chi connectivity index (χ2n) is 4.13. The minimum Gasteiger partial charge on any atom is -0.347 e. The Morgan fingerprint density at radius 2 is 2.31 bits per heavy atom. The quantitative estimate of drug-likeness (QED) is 0.869. The Hall–Kier alpha value is -0.610. The number of rotatable bonds is 4. The molecule has 88 valence electrons. The molecule has 1 aromatic rings. The number of aromatic nitrogens is 1. The molecule has 0 aromatic carbocycles. The van der Waals surface area contributed by atoms with E-state index in [1.807, 2.05) is 13.8 Å². The second kappa shape index (κ2) is 5.64. The van der Waals surface area contributed by atoms with Gasteiger partial charge in [-0.25, -0.2) is 0 Å². The van der Waals surface area contributed by atoms with Crippen LogP contribution in [0.2, 0.25) is 5.02 Å². The van der Waals surface area contributed by atoms with E-state index in [1.54, 1.807) is 12.3 Å². The highest BCUT2D eigenvalue weighted by atomic mass is 79.9. The van der Waals surface area contributed by atoms with Crippen LogP contribution in [-0.4, -0.2) is 21.8 Å². The van der Waals surface area contributed by atoms with Crippen LogP contribution < -0.4 is 5.32 Å². The van der Waals surface area contributed by atoms with Crippen LogP contribution in [0.15, 0.2) is 18.5 Å². The van der Waals surface area contributed by atoms with Gasteiger partial charge in [-0.1, -0.05) is 27.5 Å². The Labute approximate surface area is 109 Å². The van der Waals surface area contributed by atoms with Gasteiger partial charge in [0, 0.05) is 23.3 Å². The maximum atomic E-state index is 11.9. The van der Waals surface area contributed by atoms with Gasteiger partial charge in [-0.05, 0) is 26.3 Å². The van der Waals surface area contributed by atoms with Gasteiger partial charge in [0.15, 0.2) is 0 Å². The zero-order valence-corrected chi connectivity index (χ0v) is 11.6. The van der Waals surface area contributed by atoms with Gasteiger partial charge in [0.25, 0.3) is 5.91 Å². The number of halogens is 2. The number of pyridine rings is 1. The normalized spacial score (nSPS) is 11.2. The van der Waals surface area contributed by atoms with E-state index < -0.39 is 0 Å². The minimum absolute atomic E-state index is 0.168. The van der Waals surface area contributed by atoms with Crippen molar-refractivity contribution in [2.24, 2.45) is 0 Å². The van der Waals surface area contributed by atoms with Gasteiger partial charge in [0.1, 0.15) is 0 Å². The lowest BCUT2D eigenvalue weighted by molar-refractivity contribution is 0.0912. The summed E-state index contributed by atoms with van der Waals surface area (Å²) >= 11 is 9.25. The lowest BCUT2D eigenvalue weighted by Crippen LogP contribution is -2.43. The molecule has 0 atom stereocenters. The number of nitrogens with one attached hydrogen (secondary N) is 1. The van der Waals surface area contributed by atoms with Crippen LogP contribution in [0.4, 0.5) is 0 Å². The summed E-state index contributed by atoms with van der Waals surface area (Å²) in [6, 6.07) is 1.61. The Balaban J connectivity index is 2.77. The van der Waals surface area contributed by atoms with Crippen LogP contribution in [-0.2, 0) is 0 Å². The first-order valence-electron chi connectivity index (χ1n) is 4.94. The molecule has 3 nitrogen and oxygen atoms in total. The average molecular weight is 306 g/mol. The number of nitrogens with zero attached hydrogens (tertiary/aromatic N) is 1. The molecule has 1 heterocycles. The van der Waals surface area contributed by atoms with Gasteiger partial charge in [-0.3, -0.25) is 9.78 Å². The van der Waals surface area contributed by atoms with Gasteiger partial charge in [-0.15, -0.1) is 0 Å². The van der Waals surface area contributed by atoms with Gasteiger partial charge >= 0.3 is 0 Å². The Kier molecular flexibility index (Phi) is 4.74. The second-order valence-corrected chi connectivity index (χ2v) is 5.33. The zero-order valence-electron chi connectivity index (χ0n) is 9.26. The van der Waals surface area contributed by atoms with Gasteiger partial charge in [0.2, 0.25) is 0 Å². The van der Waals surface area contributed by atoms with Gasteiger partial charge in [0.05, 0.1) is 10.6 Å². The van der Waals surface area contributed by atoms with Crippen molar-refractivity contribution >= 4 is 33.4 Å². The Morgan fingerprint density at radius 1 is 1.62 bits per heavy atom. The molecule has 5 heteroatoms. The Morgan fingerprint density at radius 3 is 2.88 bits per heavy atom. The highest BCUT2D eigenvalue weighted by Gasteiger charge is 2.21. The van der Waals surface area contributed by atoms with Crippen molar-refractivity contribution in [2.75, 3.05) is 5.33 Å². The van der Waals surface area contributed by atoms with Crippen LogP contribution in [0.1, 0.15) is 30.6 Å². The number of hydrogen-bond acceptors (Lipinski definition) is 2. The molecule has 0 spiro atoms. The number of hydrogen-bond donors (Lipinski definition) is 1. The predicted octanol–water partition coefficient (Wildman–Crippen LogP) is 3.03. The number of alkyl halides is 1. The summed E-state index contributed by atoms with van der Waals surface area (Å²) < 4.78 is 0. The summed E-state index contributed by atoms with van der Waals surface area (Å²) in [6.07, 6.45) is 3.87. The molecule has 0 saturated heterocycles. The van der Waals surface area contributed by atoms with E-state index in [2.05, 4.69) is 26.2 Å². The molecule has 0 aliphatic heterocycles. The van der Waals surface area contributed by atoms with Crippen molar-refractivity contribution in [3.05, 3.63) is 29.0 Å². The lowest BCUT2D eigenvalue weighted by atomic mass is 10.0. The molecule has 0 fully saturated rings. The fourth-order valence-electron chi connectivity index (χ4n) is 1.23. The molecule has 1 amide bonds. The summed E-state index contributed by atoms with van der Waals surface area (Å²) in [5.41, 5.74) is 0.201. The molecular weight excluding hydrogens is 291 g/mol. The van der Waals surface area contributed by atoms with Gasteiger partial charge in [-0.2, -0.15) is 0 Å². The topological polar surface area (TPSA) is 42.0 Å². The SMILES string of the molecule is CC(C)(CCBr)NC(=O)c1ccncc1Cl. The molecule has 1 rings (SSSR count). The molecule has 1 N–H and O–H groups in total. The molecule has 16 heavy (non-hydrogen) atoms. The van der Waals surface area contributed by atoms with Crippen LogP contribution in [0, 0.1) is 0 Å². The smallest absolute Gasteiger partial charge is 0.253 e. The van der Waals surface area contributed by atoms with E-state index in [4.69, 9.17) is 11.6 Å². The summed E-state index contributed by atoms with van der Waals surface area (Å²) in [7, 11) is 0. The first-order valence-corrected chi connectivity index (χ1v) is 6.44. The van der Waals surface area contributed by atoms with Crippen molar-refractivity contribution in [3.8, 4) is 0 Å². The predicted molar refractivity (Wildman–Crippen MR) is 69.2 cm³/mol. The molecule has 1 aromatic heterocycles. The Bertz CT molecular complexity index is 382. The third-order valence-electron chi connectivity index (χ3n) is 2.19. The highest BCUT2D eigenvalue weighted by molar-refractivity contribution is 9.09.